The quantitative estimate of drug-likeness (QED) is 0.0644. The maximum absolute atomic E-state index is 12.1. The van der Waals surface area contributed by atoms with Gasteiger partial charge in [0.05, 0.1) is 4.90 Å². The summed E-state index contributed by atoms with van der Waals surface area (Å²) in [5.41, 5.74) is 2.22. The first kappa shape index (κ1) is 39.3. The van der Waals surface area contributed by atoms with Gasteiger partial charge in [-0.05, 0) is 53.6 Å². The van der Waals surface area contributed by atoms with Crippen molar-refractivity contribution in [3.8, 4) is 0 Å². The Bertz CT molecular complexity index is 1030. The number of hydrogen-bond acceptors (Lipinski definition) is 3. The number of hydrogen-bond donors (Lipinski definition) is 0. The Morgan fingerprint density at radius 3 is 1.29 bits per heavy atom. The van der Waals surface area contributed by atoms with Crippen molar-refractivity contribution >= 4 is 20.9 Å². The molecule has 2 aromatic carbocycles. The molecule has 0 heterocycles. The van der Waals surface area contributed by atoms with E-state index in [1.54, 1.807) is 6.07 Å². The van der Waals surface area contributed by atoms with Crippen molar-refractivity contribution in [3.05, 3.63) is 41.5 Å². The second-order valence-electron chi connectivity index (χ2n) is 12.2. The molecular weight excluding hydrogens is 552 g/mol. The van der Waals surface area contributed by atoms with E-state index in [-0.39, 0.29) is 56.3 Å². The average molecular weight is 611 g/mol. The molecule has 0 fully saturated rings. The summed E-state index contributed by atoms with van der Waals surface area (Å²) in [6, 6.07) is 9.72. The molecule has 0 radical (unpaired) electrons. The van der Waals surface area contributed by atoms with E-state index in [1.165, 1.54) is 128 Å². The molecule has 3 nitrogen and oxygen atoms in total. The first-order chi connectivity index (χ1) is 19.5. The summed E-state index contributed by atoms with van der Waals surface area (Å²) >= 11 is 0. The van der Waals surface area contributed by atoms with Gasteiger partial charge in [0.1, 0.15) is 10.1 Å². The zero-order valence-corrected chi connectivity index (χ0v) is 30.9. The van der Waals surface area contributed by atoms with Crippen molar-refractivity contribution < 1.29 is 64.4 Å². The third kappa shape index (κ3) is 18.0. The van der Waals surface area contributed by atoms with Gasteiger partial charge >= 0.3 is 51.4 Å². The summed E-state index contributed by atoms with van der Waals surface area (Å²) in [5.74, 6) is 0. The smallest absolute Gasteiger partial charge is 0.744 e. The summed E-state index contributed by atoms with van der Waals surface area (Å²) < 4.78 is 36.2. The number of aryl methyl sites for hydroxylation is 2. The molecule has 0 atom stereocenters. The molecule has 2 aromatic rings. The molecule has 0 unspecified atom stereocenters. The zero-order chi connectivity index (χ0) is 28.9. The van der Waals surface area contributed by atoms with Crippen LogP contribution in [-0.2, 0) is 23.0 Å². The van der Waals surface area contributed by atoms with E-state index in [0.29, 0.717) is 5.39 Å². The average Bonchev–Trinajstić information content (AvgIpc) is 2.93. The van der Waals surface area contributed by atoms with Gasteiger partial charge in [-0.3, -0.25) is 0 Å². The molecule has 0 saturated carbocycles. The first-order valence-electron chi connectivity index (χ1n) is 17.0. The molecule has 0 spiro atoms. The zero-order valence-electron chi connectivity index (χ0n) is 27.0. The molecule has 0 bridgehead atoms. The van der Waals surface area contributed by atoms with Crippen molar-refractivity contribution in [2.45, 2.75) is 173 Å². The van der Waals surface area contributed by atoms with E-state index in [0.717, 1.165) is 43.1 Å². The Hall–Kier alpha value is 0.246. The molecule has 0 aliphatic rings. The van der Waals surface area contributed by atoms with Crippen LogP contribution in [0.15, 0.2) is 35.2 Å². The maximum Gasteiger partial charge on any atom is 1.00 e. The minimum absolute atomic E-state index is 0. The van der Waals surface area contributed by atoms with Crippen LogP contribution >= 0.6 is 0 Å². The molecule has 0 N–H and O–H groups in total. The van der Waals surface area contributed by atoms with Crippen molar-refractivity contribution in [3.63, 3.8) is 0 Å². The molecule has 228 valence electrons. The van der Waals surface area contributed by atoms with Gasteiger partial charge in [-0.25, -0.2) is 8.42 Å². The fourth-order valence-corrected chi connectivity index (χ4v) is 6.69. The van der Waals surface area contributed by atoms with Gasteiger partial charge in [0.15, 0.2) is 0 Å². The maximum atomic E-state index is 12.1. The fraction of sp³-hybridized carbons (Fsp3) is 0.722. The Balaban J connectivity index is 0.00000840. The normalized spacial score (nSPS) is 11.7. The summed E-state index contributed by atoms with van der Waals surface area (Å²) in [6.07, 6.45) is 30.7. The fourth-order valence-electron chi connectivity index (χ4n) is 5.94. The monoisotopic (exact) mass is 610 g/mol. The Morgan fingerprint density at radius 2 is 0.878 bits per heavy atom. The van der Waals surface area contributed by atoms with Gasteiger partial charge in [-0.15, -0.1) is 0 Å². The van der Waals surface area contributed by atoms with Crippen molar-refractivity contribution in [1.82, 2.24) is 0 Å². The van der Waals surface area contributed by atoms with E-state index in [1.807, 2.05) is 12.1 Å². The molecule has 0 saturated heterocycles. The predicted octanol–water partition coefficient (Wildman–Crippen LogP) is 8.45. The largest absolute Gasteiger partial charge is 1.00 e. The Labute approximate surface area is 296 Å². The molecule has 5 heteroatoms. The molecule has 0 aliphatic heterocycles. The van der Waals surface area contributed by atoms with E-state index in [2.05, 4.69) is 26.0 Å². The molecular formula is C36H59KO3S. The molecule has 0 aliphatic carbocycles. The topological polar surface area (TPSA) is 57.2 Å². The van der Waals surface area contributed by atoms with Crippen LogP contribution in [0.3, 0.4) is 0 Å². The van der Waals surface area contributed by atoms with Gasteiger partial charge in [-0.2, -0.15) is 0 Å². The third-order valence-corrected chi connectivity index (χ3v) is 9.32. The standard InChI is InChI=1S/C36H60O3S.K/c1-3-5-7-9-11-13-15-17-19-21-23-25-32-27-28-35-34(29-32)30-33(31-36(35)40(37,38)39)26-24-22-20-18-16-14-12-10-8-6-4-2;/h27-31H,3-26H2,1-2H3,(H,37,38,39);/q;+1/p-1. The van der Waals surface area contributed by atoms with E-state index in [4.69, 9.17) is 0 Å². The second-order valence-corrected chi connectivity index (χ2v) is 13.5. The second kappa shape index (κ2) is 24.6. The van der Waals surface area contributed by atoms with Crippen molar-refractivity contribution in [1.29, 1.82) is 0 Å². The van der Waals surface area contributed by atoms with Crippen LogP contribution in [-0.4, -0.2) is 13.0 Å². The summed E-state index contributed by atoms with van der Waals surface area (Å²) in [7, 11) is -4.51. The molecule has 2 rings (SSSR count). The van der Waals surface area contributed by atoms with Crippen LogP contribution in [0.1, 0.15) is 166 Å². The van der Waals surface area contributed by atoms with E-state index in [9.17, 15) is 13.0 Å². The first-order valence-corrected chi connectivity index (χ1v) is 18.4. The number of benzene rings is 2. The minimum atomic E-state index is -4.51. The predicted molar refractivity (Wildman–Crippen MR) is 172 cm³/mol. The summed E-state index contributed by atoms with van der Waals surface area (Å²) in [6.45, 7) is 4.53. The van der Waals surface area contributed by atoms with Crippen LogP contribution in [0.25, 0.3) is 10.8 Å². The molecule has 0 amide bonds. The SMILES string of the molecule is CCCCCCCCCCCCCc1ccc2c(S(=O)(=O)[O-])cc(CCCCCCCCCCCCC)cc2c1.[K+]. The van der Waals surface area contributed by atoms with Crippen LogP contribution in [0.5, 0.6) is 0 Å². The van der Waals surface area contributed by atoms with E-state index < -0.39 is 10.1 Å². The number of unbranched alkanes of at least 4 members (excludes halogenated alkanes) is 20. The van der Waals surface area contributed by atoms with Crippen LogP contribution in [0.4, 0.5) is 0 Å². The number of rotatable bonds is 25. The summed E-state index contributed by atoms with van der Waals surface area (Å²) in [5, 5.41) is 1.47. The van der Waals surface area contributed by atoms with Gasteiger partial charge in [0.25, 0.3) is 0 Å². The van der Waals surface area contributed by atoms with Gasteiger partial charge in [0.2, 0.25) is 0 Å². The van der Waals surface area contributed by atoms with Crippen LogP contribution in [0, 0.1) is 0 Å². The third-order valence-electron chi connectivity index (χ3n) is 8.45. The van der Waals surface area contributed by atoms with Gasteiger partial charge in [0, 0.05) is 0 Å². The van der Waals surface area contributed by atoms with Crippen molar-refractivity contribution in [2.24, 2.45) is 0 Å². The Kier molecular flexibility index (Phi) is 23.5. The van der Waals surface area contributed by atoms with Gasteiger partial charge < -0.3 is 4.55 Å². The van der Waals surface area contributed by atoms with Crippen molar-refractivity contribution in [2.75, 3.05) is 0 Å². The number of fused-ring (bicyclic) bond motifs is 1. The minimum Gasteiger partial charge on any atom is -0.744 e. The van der Waals surface area contributed by atoms with Crippen LogP contribution in [0.2, 0.25) is 0 Å². The van der Waals surface area contributed by atoms with Crippen LogP contribution < -0.4 is 51.4 Å². The van der Waals surface area contributed by atoms with Gasteiger partial charge in [-0.1, -0.05) is 167 Å². The van der Waals surface area contributed by atoms with E-state index >= 15 is 0 Å². The molecule has 41 heavy (non-hydrogen) atoms. The summed E-state index contributed by atoms with van der Waals surface area (Å²) in [4.78, 5) is -0.0516. The Morgan fingerprint density at radius 1 is 0.512 bits per heavy atom. The molecule has 0 aromatic heterocycles.